The van der Waals surface area contributed by atoms with E-state index < -0.39 is 10.1 Å². The highest BCUT2D eigenvalue weighted by atomic mass is 32.2. The number of unbranched alkanes of at least 4 members (excludes halogenated alkanes) is 2. The van der Waals surface area contributed by atoms with Crippen LogP contribution in [0.5, 0.6) is 5.75 Å². The van der Waals surface area contributed by atoms with E-state index in [1.54, 1.807) is 0 Å². The molecule has 2 heterocycles. The topological polar surface area (TPSA) is 86.7 Å². The zero-order valence-corrected chi connectivity index (χ0v) is 24.9. The van der Waals surface area contributed by atoms with Crippen molar-refractivity contribution in [2.45, 2.75) is 39.2 Å². The summed E-state index contributed by atoms with van der Waals surface area (Å²) in [6.07, 6.45) is 4.72. The van der Waals surface area contributed by atoms with Crippen LogP contribution in [0.4, 0.5) is 5.69 Å². The third kappa shape index (κ3) is 6.50. The smallest absolute Gasteiger partial charge is 0.379 e. The Kier molecular flexibility index (Phi) is 8.31. The average molecular weight is 595 g/mol. The van der Waals surface area contributed by atoms with Gasteiger partial charge in [0.1, 0.15) is 6.08 Å². The van der Waals surface area contributed by atoms with E-state index in [1.165, 1.54) is 0 Å². The van der Waals surface area contributed by atoms with Crippen molar-refractivity contribution in [3.63, 3.8) is 0 Å². The lowest BCUT2D eigenvalue weighted by atomic mass is 10.0. The Morgan fingerprint density at radius 3 is 2.16 bits per heavy atom. The predicted molar refractivity (Wildman–Crippen MR) is 168 cm³/mol. The molecule has 1 aliphatic heterocycles. The van der Waals surface area contributed by atoms with Crippen molar-refractivity contribution < 1.29 is 26.7 Å². The van der Waals surface area contributed by atoms with Crippen molar-refractivity contribution in [2.75, 3.05) is 17.2 Å². The van der Waals surface area contributed by atoms with Crippen LogP contribution in [0.15, 0.2) is 107 Å². The lowest BCUT2D eigenvalue weighted by Gasteiger charge is -2.18. The van der Waals surface area contributed by atoms with Crippen LogP contribution >= 0.6 is 0 Å². The van der Waals surface area contributed by atoms with E-state index in [1.807, 2.05) is 65.2 Å². The van der Waals surface area contributed by atoms with Gasteiger partial charge in [-0.2, -0.15) is 4.57 Å². The van der Waals surface area contributed by atoms with Gasteiger partial charge in [0, 0.05) is 24.8 Å². The van der Waals surface area contributed by atoms with Crippen molar-refractivity contribution in [3.8, 4) is 28.0 Å². The first-order valence-electron chi connectivity index (χ1n) is 14.7. The number of oxazole rings is 1. The molecule has 220 valence electrons. The number of hydrogen-bond donors (Lipinski definition) is 0. The molecule has 7 nitrogen and oxygen atoms in total. The van der Waals surface area contributed by atoms with Gasteiger partial charge in [0.05, 0.1) is 15.8 Å². The highest BCUT2D eigenvalue weighted by Gasteiger charge is 2.30. The molecule has 1 aromatic heterocycles. The van der Waals surface area contributed by atoms with Crippen LogP contribution in [0.25, 0.3) is 39.4 Å². The number of aryl methyl sites for hydroxylation is 1. The van der Waals surface area contributed by atoms with Crippen LogP contribution in [0.3, 0.4) is 0 Å². The first-order chi connectivity index (χ1) is 20.9. The maximum atomic E-state index is 11.2. The molecule has 0 N–H and O–H groups in total. The van der Waals surface area contributed by atoms with E-state index in [-0.39, 0.29) is 12.2 Å². The maximum absolute atomic E-state index is 11.2. The molecule has 5 aromatic rings. The van der Waals surface area contributed by atoms with Crippen molar-refractivity contribution in [2.24, 2.45) is 0 Å². The fourth-order valence-corrected chi connectivity index (χ4v) is 6.03. The van der Waals surface area contributed by atoms with E-state index in [0.717, 1.165) is 58.6 Å². The number of aromatic nitrogens is 1. The zero-order chi connectivity index (χ0) is 29.8. The summed E-state index contributed by atoms with van der Waals surface area (Å²) >= 11 is 0. The molecular formula is C35H34N2O5S. The monoisotopic (exact) mass is 594 g/mol. The fraction of sp³-hybridized carbons (Fsp3) is 0.229. The molecule has 0 bridgehead atoms. The summed E-state index contributed by atoms with van der Waals surface area (Å²) in [5, 5.41) is 0. The normalized spacial score (nSPS) is 13.9. The van der Waals surface area contributed by atoms with Crippen LogP contribution in [0.2, 0.25) is 0 Å². The van der Waals surface area contributed by atoms with Gasteiger partial charge >= 0.3 is 5.89 Å². The summed E-state index contributed by atoms with van der Waals surface area (Å²) in [6, 6.07) is 32.8. The van der Waals surface area contributed by atoms with Gasteiger partial charge in [0.25, 0.3) is 5.52 Å². The van der Waals surface area contributed by atoms with E-state index in [9.17, 15) is 13.0 Å². The number of benzene rings is 4. The third-order valence-electron chi connectivity index (χ3n) is 7.68. The SMILES string of the molecule is CCCCN1C(=Cc2oc3ccc(-c4ccccc4)cc3[n+]2CCCCS(=O)(=O)[O-])Oc2ccc(-c3ccccc3)cc21. The van der Waals surface area contributed by atoms with Crippen molar-refractivity contribution in [1.82, 2.24) is 0 Å². The van der Waals surface area contributed by atoms with E-state index in [0.29, 0.717) is 30.3 Å². The molecule has 0 atom stereocenters. The van der Waals surface area contributed by atoms with Gasteiger partial charge in [-0.15, -0.1) is 0 Å². The fourth-order valence-electron chi connectivity index (χ4n) is 5.47. The van der Waals surface area contributed by atoms with Crippen LogP contribution in [-0.4, -0.2) is 25.3 Å². The van der Waals surface area contributed by atoms with Gasteiger partial charge in [-0.25, -0.2) is 8.42 Å². The highest BCUT2D eigenvalue weighted by molar-refractivity contribution is 7.85. The molecule has 0 spiro atoms. The Hall–Kier alpha value is -4.40. The molecule has 0 radical (unpaired) electrons. The van der Waals surface area contributed by atoms with Crippen LogP contribution in [0, 0.1) is 0 Å². The third-order valence-corrected chi connectivity index (χ3v) is 8.47. The molecule has 0 saturated carbocycles. The maximum Gasteiger partial charge on any atom is 0.379 e. The molecule has 0 aliphatic carbocycles. The van der Waals surface area contributed by atoms with Gasteiger partial charge < -0.3 is 18.6 Å². The average Bonchev–Trinajstić information content (AvgIpc) is 3.54. The second-order valence-electron chi connectivity index (χ2n) is 10.7. The van der Waals surface area contributed by atoms with E-state index in [2.05, 4.69) is 54.3 Å². The molecule has 8 heteroatoms. The number of rotatable bonds is 11. The molecule has 1 aliphatic rings. The number of anilines is 1. The summed E-state index contributed by atoms with van der Waals surface area (Å²) in [7, 11) is -4.27. The largest absolute Gasteiger partial charge is 0.748 e. The van der Waals surface area contributed by atoms with Gasteiger partial charge in [-0.1, -0.05) is 86.1 Å². The summed E-state index contributed by atoms with van der Waals surface area (Å²) < 4.78 is 48.6. The minimum absolute atomic E-state index is 0.271. The lowest BCUT2D eigenvalue weighted by Crippen LogP contribution is -2.36. The first kappa shape index (κ1) is 28.7. The molecule has 0 unspecified atom stereocenters. The molecule has 4 aromatic carbocycles. The van der Waals surface area contributed by atoms with Crippen LogP contribution < -0.4 is 14.2 Å². The standard InChI is InChI=1S/C35H34N2O5S/c1-2-3-20-36-30-23-28(26-12-6-4-7-13-26)16-18-32(30)41-34(36)25-35-37(21-10-11-22-43(38,39)40)31-24-29(17-19-33(31)42-35)27-14-8-5-9-15-27/h4-9,12-19,23-25H,2-3,10-11,20-22H2,1H3. The second kappa shape index (κ2) is 12.5. The number of fused-ring (bicyclic) bond motifs is 2. The van der Waals surface area contributed by atoms with Gasteiger partial charge in [0.2, 0.25) is 11.5 Å². The van der Waals surface area contributed by atoms with E-state index >= 15 is 0 Å². The highest BCUT2D eigenvalue weighted by Crippen LogP contribution is 2.42. The lowest BCUT2D eigenvalue weighted by molar-refractivity contribution is -0.678. The van der Waals surface area contributed by atoms with Crippen LogP contribution in [-0.2, 0) is 16.7 Å². The molecule has 43 heavy (non-hydrogen) atoms. The molecule has 6 rings (SSSR count). The van der Waals surface area contributed by atoms with E-state index in [4.69, 9.17) is 9.15 Å². The zero-order valence-electron chi connectivity index (χ0n) is 24.1. The summed E-state index contributed by atoms with van der Waals surface area (Å²) in [5.41, 5.74) is 7.00. The second-order valence-corrected chi connectivity index (χ2v) is 12.3. The van der Waals surface area contributed by atoms with Gasteiger partial charge in [0.15, 0.2) is 12.3 Å². The summed E-state index contributed by atoms with van der Waals surface area (Å²) in [6.45, 7) is 3.44. The minimum atomic E-state index is -4.27. The number of nitrogens with zero attached hydrogens (tertiary/aromatic N) is 2. The molecule has 0 fully saturated rings. The first-order valence-corrected chi connectivity index (χ1v) is 16.3. The minimum Gasteiger partial charge on any atom is -0.748 e. The Balaban J connectivity index is 1.40. The summed E-state index contributed by atoms with van der Waals surface area (Å²) in [4.78, 5) is 2.20. The summed E-state index contributed by atoms with van der Waals surface area (Å²) in [5.74, 6) is 1.67. The van der Waals surface area contributed by atoms with Crippen molar-refractivity contribution >= 4 is 33.0 Å². The van der Waals surface area contributed by atoms with Crippen LogP contribution in [0.1, 0.15) is 38.5 Å². The van der Waals surface area contributed by atoms with Gasteiger partial charge in [-0.05, 0) is 53.3 Å². The Morgan fingerprint density at radius 2 is 1.49 bits per heavy atom. The Morgan fingerprint density at radius 1 is 0.814 bits per heavy atom. The van der Waals surface area contributed by atoms with Crippen molar-refractivity contribution in [3.05, 3.63) is 109 Å². The number of ether oxygens (including phenoxy) is 1. The van der Waals surface area contributed by atoms with Gasteiger partial charge in [-0.3, -0.25) is 0 Å². The Labute approximate surface area is 252 Å². The predicted octanol–water partition coefficient (Wildman–Crippen LogP) is 7.38. The number of hydrogen-bond acceptors (Lipinski definition) is 6. The molecular weight excluding hydrogens is 560 g/mol. The van der Waals surface area contributed by atoms with Crippen molar-refractivity contribution in [1.29, 1.82) is 0 Å². The molecule has 0 saturated heterocycles. The Bertz CT molecular complexity index is 1870. The molecule has 0 amide bonds. The quantitative estimate of drug-likeness (QED) is 0.0901.